The molecular formula is C14H17Cl2NO3. The van der Waals surface area contributed by atoms with Crippen molar-refractivity contribution in [1.29, 1.82) is 0 Å². The molecule has 0 spiro atoms. The Morgan fingerprint density at radius 3 is 2.70 bits per heavy atom. The number of aliphatic hydroxyl groups excluding tert-OH is 1. The van der Waals surface area contributed by atoms with E-state index in [1.165, 1.54) is 0 Å². The Morgan fingerprint density at radius 1 is 1.35 bits per heavy atom. The second kappa shape index (κ2) is 6.66. The van der Waals surface area contributed by atoms with Crippen LogP contribution in [0.2, 0.25) is 10.0 Å². The zero-order valence-corrected chi connectivity index (χ0v) is 12.5. The fraction of sp³-hybridized carbons (Fsp3) is 0.500. The second-order valence-corrected chi connectivity index (χ2v) is 5.90. The summed E-state index contributed by atoms with van der Waals surface area (Å²) in [5, 5.41) is 13.2. The highest BCUT2D eigenvalue weighted by Gasteiger charge is 2.34. The summed E-state index contributed by atoms with van der Waals surface area (Å²) < 4.78 is 5.37. The third-order valence-electron chi connectivity index (χ3n) is 3.52. The first-order valence-electron chi connectivity index (χ1n) is 6.54. The molecule has 0 aromatic heterocycles. The van der Waals surface area contributed by atoms with E-state index < -0.39 is 5.54 Å². The molecule has 6 heteroatoms. The van der Waals surface area contributed by atoms with Gasteiger partial charge in [-0.3, -0.25) is 4.79 Å². The average Bonchev–Trinajstić information content (AvgIpc) is 2.89. The van der Waals surface area contributed by atoms with Crippen molar-refractivity contribution in [1.82, 2.24) is 5.32 Å². The van der Waals surface area contributed by atoms with Crippen LogP contribution in [0.15, 0.2) is 18.2 Å². The molecule has 110 valence electrons. The molecule has 2 N–H and O–H groups in total. The van der Waals surface area contributed by atoms with E-state index in [9.17, 15) is 9.90 Å². The Kier molecular flexibility index (Phi) is 5.13. The first-order valence-corrected chi connectivity index (χ1v) is 7.30. The van der Waals surface area contributed by atoms with Crippen molar-refractivity contribution < 1.29 is 14.6 Å². The number of halogens is 2. The van der Waals surface area contributed by atoms with Crippen LogP contribution in [0.3, 0.4) is 0 Å². The zero-order chi connectivity index (χ0) is 14.6. The minimum atomic E-state index is -0.488. The third kappa shape index (κ3) is 3.78. The quantitative estimate of drug-likeness (QED) is 0.878. The van der Waals surface area contributed by atoms with Gasteiger partial charge in [-0.2, -0.15) is 0 Å². The van der Waals surface area contributed by atoms with Crippen molar-refractivity contribution >= 4 is 29.1 Å². The highest BCUT2D eigenvalue weighted by molar-refractivity contribution is 6.34. The van der Waals surface area contributed by atoms with Crippen LogP contribution < -0.4 is 10.1 Å². The van der Waals surface area contributed by atoms with Crippen LogP contribution in [0.1, 0.15) is 25.7 Å². The summed E-state index contributed by atoms with van der Waals surface area (Å²) in [7, 11) is 0. The summed E-state index contributed by atoms with van der Waals surface area (Å²) in [6.45, 7) is -0.196. The molecule has 0 radical (unpaired) electrons. The summed E-state index contributed by atoms with van der Waals surface area (Å²) in [4.78, 5) is 11.9. The summed E-state index contributed by atoms with van der Waals surface area (Å²) in [6.07, 6.45) is 3.63. The molecule has 1 aromatic carbocycles. The number of hydrogen-bond donors (Lipinski definition) is 2. The Hall–Kier alpha value is -0.970. The fourth-order valence-electron chi connectivity index (χ4n) is 2.44. The Labute approximate surface area is 128 Å². The van der Waals surface area contributed by atoms with Gasteiger partial charge in [0.15, 0.2) is 6.61 Å². The van der Waals surface area contributed by atoms with Crippen molar-refractivity contribution in [3.8, 4) is 5.75 Å². The number of benzene rings is 1. The molecule has 1 fully saturated rings. The number of rotatable bonds is 5. The lowest BCUT2D eigenvalue weighted by Crippen LogP contribution is -2.50. The Balaban J connectivity index is 1.90. The van der Waals surface area contributed by atoms with Gasteiger partial charge in [-0.05, 0) is 25.0 Å². The first-order chi connectivity index (χ1) is 9.54. The van der Waals surface area contributed by atoms with Crippen LogP contribution in [0.25, 0.3) is 0 Å². The normalized spacial score (nSPS) is 16.9. The van der Waals surface area contributed by atoms with E-state index in [4.69, 9.17) is 27.9 Å². The minimum Gasteiger partial charge on any atom is -0.482 e. The maximum absolute atomic E-state index is 11.9. The van der Waals surface area contributed by atoms with Gasteiger partial charge < -0.3 is 15.2 Å². The van der Waals surface area contributed by atoms with Crippen molar-refractivity contribution in [2.45, 2.75) is 31.2 Å². The largest absolute Gasteiger partial charge is 0.482 e. The lowest BCUT2D eigenvalue weighted by Gasteiger charge is -2.27. The van der Waals surface area contributed by atoms with E-state index in [1.54, 1.807) is 18.2 Å². The SMILES string of the molecule is O=C(COc1cc(Cl)ccc1Cl)NC1(CO)CCCC1. The third-order valence-corrected chi connectivity index (χ3v) is 4.07. The number of carbonyl (C=O) groups is 1. The van der Waals surface area contributed by atoms with E-state index in [0.29, 0.717) is 15.8 Å². The van der Waals surface area contributed by atoms with Gasteiger partial charge in [0.1, 0.15) is 5.75 Å². The van der Waals surface area contributed by atoms with Gasteiger partial charge in [0.05, 0.1) is 17.2 Å². The predicted octanol–water partition coefficient (Wildman–Crippen LogP) is 2.79. The lowest BCUT2D eigenvalue weighted by molar-refractivity contribution is -0.125. The van der Waals surface area contributed by atoms with Crippen molar-refractivity contribution in [2.75, 3.05) is 13.2 Å². The molecule has 0 aliphatic heterocycles. The number of carbonyl (C=O) groups excluding carboxylic acids is 1. The van der Waals surface area contributed by atoms with Gasteiger partial charge in [-0.1, -0.05) is 36.0 Å². The first kappa shape index (κ1) is 15.4. The maximum atomic E-state index is 11.9. The van der Waals surface area contributed by atoms with Crippen molar-refractivity contribution in [3.05, 3.63) is 28.2 Å². The second-order valence-electron chi connectivity index (χ2n) is 5.06. The van der Waals surface area contributed by atoms with Crippen LogP contribution in [0.4, 0.5) is 0 Å². The summed E-state index contributed by atoms with van der Waals surface area (Å²) in [5.74, 6) is 0.107. The Bertz CT molecular complexity index is 487. The van der Waals surface area contributed by atoms with Crippen LogP contribution in [0.5, 0.6) is 5.75 Å². The van der Waals surface area contributed by atoms with E-state index >= 15 is 0 Å². The topological polar surface area (TPSA) is 58.6 Å². The molecule has 0 bridgehead atoms. The van der Waals surface area contributed by atoms with Crippen LogP contribution >= 0.6 is 23.2 Å². The number of hydrogen-bond acceptors (Lipinski definition) is 3. The van der Waals surface area contributed by atoms with Gasteiger partial charge in [-0.25, -0.2) is 0 Å². The monoisotopic (exact) mass is 317 g/mol. The number of amides is 1. The van der Waals surface area contributed by atoms with Crippen molar-refractivity contribution in [3.63, 3.8) is 0 Å². The lowest BCUT2D eigenvalue weighted by atomic mass is 9.99. The molecule has 1 aliphatic rings. The Morgan fingerprint density at radius 2 is 2.05 bits per heavy atom. The van der Waals surface area contributed by atoms with Gasteiger partial charge in [0.2, 0.25) is 0 Å². The number of ether oxygens (including phenoxy) is 1. The molecule has 2 rings (SSSR count). The average molecular weight is 318 g/mol. The molecule has 20 heavy (non-hydrogen) atoms. The standard InChI is InChI=1S/C14H17Cl2NO3/c15-10-3-4-11(16)12(7-10)20-8-13(19)17-14(9-18)5-1-2-6-14/h3-4,7,18H,1-2,5-6,8-9H2,(H,17,19). The molecular weight excluding hydrogens is 301 g/mol. The van der Waals surface area contributed by atoms with Crippen LogP contribution in [-0.4, -0.2) is 29.8 Å². The fourth-order valence-corrected chi connectivity index (χ4v) is 2.77. The van der Waals surface area contributed by atoms with Gasteiger partial charge in [-0.15, -0.1) is 0 Å². The van der Waals surface area contributed by atoms with Gasteiger partial charge >= 0.3 is 0 Å². The predicted molar refractivity (Wildman–Crippen MR) is 78.4 cm³/mol. The molecule has 0 heterocycles. The highest BCUT2D eigenvalue weighted by atomic mass is 35.5. The molecule has 1 aliphatic carbocycles. The summed E-state index contributed by atoms with van der Waals surface area (Å²) in [5.41, 5.74) is -0.488. The molecule has 0 saturated heterocycles. The molecule has 0 unspecified atom stereocenters. The summed E-state index contributed by atoms with van der Waals surface area (Å²) >= 11 is 11.8. The van der Waals surface area contributed by atoms with Gasteiger partial charge in [0.25, 0.3) is 5.91 Å². The highest BCUT2D eigenvalue weighted by Crippen LogP contribution is 2.30. The molecule has 0 atom stereocenters. The molecule has 1 amide bonds. The minimum absolute atomic E-state index is 0.0450. The number of nitrogens with one attached hydrogen (secondary N) is 1. The molecule has 1 aromatic rings. The van der Waals surface area contributed by atoms with Gasteiger partial charge in [0, 0.05) is 11.1 Å². The maximum Gasteiger partial charge on any atom is 0.258 e. The number of aliphatic hydroxyl groups is 1. The van der Waals surface area contributed by atoms with E-state index in [0.717, 1.165) is 25.7 Å². The van der Waals surface area contributed by atoms with E-state index in [1.807, 2.05) is 0 Å². The molecule has 4 nitrogen and oxygen atoms in total. The van der Waals surface area contributed by atoms with Crippen molar-refractivity contribution in [2.24, 2.45) is 0 Å². The zero-order valence-electron chi connectivity index (χ0n) is 11.0. The summed E-state index contributed by atoms with van der Waals surface area (Å²) in [6, 6.07) is 4.83. The van der Waals surface area contributed by atoms with E-state index in [-0.39, 0.29) is 19.1 Å². The molecule has 1 saturated carbocycles. The smallest absolute Gasteiger partial charge is 0.258 e. The van der Waals surface area contributed by atoms with Crippen LogP contribution in [-0.2, 0) is 4.79 Å². The van der Waals surface area contributed by atoms with Crippen LogP contribution in [0, 0.1) is 0 Å². The van der Waals surface area contributed by atoms with E-state index in [2.05, 4.69) is 5.32 Å².